The van der Waals surface area contributed by atoms with E-state index in [0.29, 0.717) is 5.69 Å². The first-order valence-electron chi connectivity index (χ1n) is 5.98. The highest BCUT2D eigenvalue weighted by atomic mass is 15.2. The van der Waals surface area contributed by atoms with Crippen LogP contribution in [0.1, 0.15) is 25.0 Å². The number of hydrogen-bond donors (Lipinski definition) is 0. The summed E-state index contributed by atoms with van der Waals surface area (Å²) >= 11 is 0. The van der Waals surface area contributed by atoms with Crippen LogP contribution in [0.4, 0.5) is 5.69 Å². The number of pyridine rings is 1. The van der Waals surface area contributed by atoms with Gasteiger partial charge in [0, 0.05) is 19.3 Å². The van der Waals surface area contributed by atoms with Crippen LogP contribution < -0.4 is 4.90 Å². The molecule has 2 aliphatic rings. The summed E-state index contributed by atoms with van der Waals surface area (Å²) in [5.41, 5.74) is 1.60. The Bertz CT molecular complexity index is 423. The molecule has 1 saturated heterocycles. The number of hydrogen-bond acceptors (Lipinski definition) is 3. The Kier molecular flexibility index (Phi) is 2.28. The van der Waals surface area contributed by atoms with Crippen molar-refractivity contribution in [3.05, 3.63) is 24.0 Å². The predicted molar refractivity (Wildman–Crippen MR) is 62.0 cm³/mol. The number of nitrogens with zero attached hydrogens (tertiary/aromatic N) is 3. The molecule has 1 aliphatic carbocycles. The fourth-order valence-electron chi connectivity index (χ4n) is 3.17. The van der Waals surface area contributed by atoms with E-state index in [1.165, 1.54) is 19.3 Å². The van der Waals surface area contributed by atoms with Crippen LogP contribution in [0.3, 0.4) is 0 Å². The van der Waals surface area contributed by atoms with Crippen LogP contribution in [-0.2, 0) is 0 Å². The second-order valence-electron chi connectivity index (χ2n) is 4.84. The van der Waals surface area contributed by atoms with E-state index >= 15 is 0 Å². The Hall–Kier alpha value is -1.56. The number of nitriles is 1. The molecular weight excluding hydrogens is 198 g/mol. The van der Waals surface area contributed by atoms with Crippen LogP contribution in [0, 0.1) is 23.2 Å². The summed E-state index contributed by atoms with van der Waals surface area (Å²) < 4.78 is 0. The minimum absolute atomic E-state index is 0.572. The van der Waals surface area contributed by atoms with Gasteiger partial charge >= 0.3 is 0 Å². The molecule has 3 rings (SSSR count). The predicted octanol–water partition coefficient (Wildman–Crippen LogP) is 2.19. The second-order valence-corrected chi connectivity index (χ2v) is 4.84. The van der Waals surface area contributed by atoms with Crippen molar-refractivity contribution >= 4 is 5.69 Å². The molecule has 1 aromatic heterocycles. The zero-order valence-corrected chi connectivity index (χ0v) is 9.26. The fraction of sp³-hybridized carbons (Fsp3) is 0.538. The van der Waals surface area contributed by atoms with E-state index in [9.17, 15) is 0 Å². The number of rotatable bonds is 1. The highest BCUT2D eigenvalue weighted by molar-refractivity contribution is 5.56. The summed E-state index contributed by atoms with van der Waals surface area (Å²) in [7, 11) is 0. The highest BCUT2D eigenvalue weighted by Gasteiger charge is 2.36. The Morgan fingerprint density at radius 1 is 1.31 bits per heavy atom. The van der Waals surface area contributed by atoms with E-state index in [4.69, 9.17) is 5.26 Å². The van der Waals surface area contributed by atoms with Gasteiger partial charge in [0.05, 0.1) is 5.69 Å². The molecule has 3 nitrogen and oxygen atoms in total. The van der Waals surface area contributed by atoms with E-state index in [-0.39, 0.29) is 0 Å². The third kappa shape index (κ3) is 1.46. The van der Waals surface area contributed by atoms with Gasteiger partial charge in [0.1, 0.15) is 6.07 Å². The van der Waals surface area contributed by atoms with E-state index in [2.05, 4.69) is 16.0 Å². The molecule has 1 aliphatic heterocycles. The van der Waals surface area contributed by atoms with E-state index in [1.54, 1.807) is 6.20 Å². The van der Waals surface area contributed by atoms with E-state index in [1.807, 2.05) is 12.1 Å². The number of fused-ring (bicyclic) bond motifs is 1. The first-order valence-corrected chi connectivity index (χ1v) is 5.98. The van der Waals surface area contributed by atoms with Crippen LogP contribution in [0.15, 0.2) is 18.3 Å². The maximum atomic E-state index is 9.04. The van der Waals surface area contributed by atoms with Crippen LogP contribution in [0.5, 0.6) is 0 Å². The lowest BCUT2D eigenvalue weighted by molar-refractivity contribution is 0.494. The zero-order valence-electron chi connectivity index (χ0n) is 9.26. The summed E-state index contributed by atoms with van der Waals surface area (Å²) in [6.45, 7) is 2.23. The zero-order chi connectivity index (χ0) is 11.0. The average Bonchev–Trinajstić information content (AvgIpc) is 2.89. The first-order chi connectivity index (χ1) is 7.88. The lowest BCUT2D eigenvalue weighted by Crippen LogP contribution is -2.21. The molecular formula is C13H15N3. The lowest BCUT2D eigenvalue weighted by Gasteiger charge is -2.19. The fourth-order valence-corrected chi connectivity index (χ4v) is 3.17. The van der Waals surface area contributed by atoms with Crippen molar-refractivity contribution in [3.63, 3.8) is 0 Å². The first kappa shape index (κ1) is 9.65. The van der Waals surface area contributed by atoms with Gasteiger partial charge in [-0.2, -0.15) is 5.26 Å². The van der Waals surface area contributed by atoms with Gasteiger partial charge in [-0.15, -0.1) is 0 Å². The van der Waals surface area contributed by atoms with Crippen molar-refractivity contribution < 1.29 is 0 Å². The van der Waals surface area contributed by atoms with Crippen molar-refractivity contribution in [2.75, 3.05) is 18.0 Å². The molecule has 2 fully saturated rings. The molecule has 0 aromatic carbocycles. The van der Waals surface area contributed by atoms with Crippen LogP contribution in [-0.4, -0.2) is 18.1 Å². The Morgan fingerprint density at radius 3 is 2.75 bits per heavy atom. The third-order valence-corrected chi connectivity index (χ3v) is 3.96. The van der Waals surface area contributed by atoms with Gasteiger partial charge in [-0.3, -0.25) is 0 Å². The molecule has 0 radical (unpaired) electrons. The molecule has 82 valence electrons. The Morgan fingerprint density at radius 2 is 2.06 bits per heavy atom. The maximum absolute atomic E-state index is 9.04. The van der Waals surface area contributed by atoms with Gasteiger partial charge < -0.3 is 4.90 Å². The van der Waals surface area contributed by atoms with E-state index in [0.717, 1.165) is 30.6 Å². The van der Waals surface area contributed by atoms with E-state index < -0.39 is 0 Å². The minimum atomic E-state index is 0.572. The summed E-state index contributed by atoms with van der Waals surface area (Å²) in [6.07, 6.45) is 5.81. The van der Waals surface area contributed by atoms with Crippen molar-refractivity contribution in [1.82, 2.24) is 4.98 Å². The van der Waals surface area contributed by atoms with Crippen molar-refractivity contribution in [3.8, 4) is 6.07 Å². The van der Waals surface area contributed by atoms with Crippen LogP contribution in [0.2, 0.25) is 0 Å². The molecule has 1 saturated carbocycles. The van der Waals surface area contributed by atoms with Gasteiger partial charge in [0.25, 0.3) is 0 Å². The molecule has 0 N–H and O–H groups in total. The Balaban J connectivity index is 1.86. The SMILES string of the molecule is N#Cc1ncccc1N1CC2CCCC2C1. The monoisotopic (exact) mass is 213 g/mol. The summed E-state index contributed by atoms with van der Waals surface area (Å²) in [4.78, 5) is 6.48. The molecule has 0 spiro atoms. The summed E-state index contributed by atoms with van der Waals surface area (Å²) in [5.74, 6) is 1.71. The van der Waals surface area contributed by atoms with Gasteiger partial charge in [0.15, 0.2) is 5.69 Å². The van der Waals surface area contributed by atoms with Crippen LogP contribution >= 0.6 is 0 Å². The smallest absolute Gasteiger partial charge is 0.163 e. The molecule has 3 heteroatoms. The molecule has 1 aromatic rings. The minimum Gasteiger partial charge on any atom is -0.369 e. The molecule has 2 unspecified atom stereocenters. The van der Waals surface area contributed by atoms with Gasteiger partial charge in [-0.05, 0) is 36.8 Å². The largest absolute Gasteiger partial charge is 0.369 e. The number of anilines is 1. The molecule has 0 amide bonds. The third-order valence-electron chi connectivity index (χ3n) is 3.96. The summed E-state index contributed by atoms with van der Waals surface area (Å²) in [6, 6.07) is 6.13. The Labute approximate surface area is 95.7 Å². The average molecular weight is 213 g/mol. The van der Waals surface area contributed by atoms with Gasteiger partial charge in [-0.25, -0.2) is 4.98 Å². The molecule has 2 atom stereocenters. The maximum Gasteiger partial charge on any atom is 0.163 e. The van der Waals surface area contributed by atoms with Gasteiger partial charge in [0.2, 0.25) is 0 Å². The topological polar surface area (TPSA) is 39.9 Å². The molecule has 2 heterocycles. The normalized spacial score (nSPS) is 27.8. The van der Waals surface area contributed by atoms with Crippen LogP contribution in [0.25, 0.3) is 0 Å². The molecule has 0 bridgehead atoms. The van der Waals surface area contributed by atoms with Crippen molar-refractivity contribution in [2.45, 2.75) is 19.3 Å². The lowest BCUT2D eigenvalue weighted by atomic mass is 10.0. The number of aromatic nitrogens is 1. The summed E-state index contributed by atoms with van der Waals surface area (Å²) in [5, 5.41) is 9.04. The molecule has 16 heavy (non-hydrogen) atoms. The second kappa shape index (κ2) is 3.79. The van der Waals surface area contributed by atoms with Crippen molar-refractivity contribution in [1.29, 1.82) is 5.26 Å². The quantitative estimate of drug-likeness (QED) is 0.718. The highest BCUT2D eigenvalue weighted by Crippen LogP contribution is 2.39. The van der Waals surface area contributed by atoms with Crippen molar-refractivity contribution in [2.24, 2.45) is 11.8 Å². The standard InChI is InChI=1S/C13H15N3/c14-7-12-13(5-2-6-15-12)16-8-10-3-1-4-11(10)9-16/h2,5-6,10-11H,1,3-4,8-9H2. The van der Waals surface area contributed by atoms with Gasteiger partial charge in [-0.1, -0.05) is 6.42 Å².